The summed E-state index contributed by atoms with van der Waals surface area (Å²) in [6.45, 7) is 3.60. The molecule has 1 atom stereocenters. The molecule has 0 saturated carbocycles. The third-order valence-corrected chi connectivity index (χ3v) is 6.77. The van der Waals surface area contributed by atoms with Crippen molar-refractivity contribution in [2.24, 2.45) is 0 Å². The van der Waals surface area contributed by atoms with Gasteiger partial charge in [0.2, 0.25) is 0 Å². The Morgan fingerprint density at radius 3 is 2.16 bits per heavy atom. The molecule has 3 heterocycles. The van der Waals surface area contributed by atoms with Gasteiger partial charge in [-0.25, -0.2) is 4.79 Å². The number of urea groups is 1. The predicted molar refractivity (Wildman–Crippen MR) is 119 cm³/mol. The Bertz CT molecular complexity index is 920. The highest BCUT2D eigenvalue weighted by atomic mass is 16.5. The van der Waals surface area contributed by atoms with Crippen molar-refractivity contribution in [2.45, 2.75) is 50.8 Å². The molecular weight excluding hydrogens is 390 g/mol. The van der Waals surface area contributed by atoms with Crippen LogP contribution in [-0.2, 0) is 22.6 Å². The molecule has 0 aliphatic carbocycles. The summed E-state index contributed by atoms with van der Waals surface area (Å²) in [7, 11) is 0. The molecule has 3 aliphatic heterocycles. The molecule has 1 unspecified atom stereocenters. The summed E-state index contributed by atoms with van der Waals surface area (Å²) in [6, 6.07) is 16.3. The number of fused-ring (bicyclic) bond motifs is 1. The van der Waals surface area contributed by atoms with Gasteiger partial charge in [-0.15, -0.1) is 0 Å². The Labute approximate surface area is 183 Å². The first-order valence-electron chi connectivity index (χ1n) is 11.3. The zero-order chi connectivity index (χ0) is 21.2. The number of piperidine rings is 1. The minimum atomic E-state index is -0.220. The molecular formula is C25H29N3O3. The molecule has 5 rings (SSSR count). The zero-order valence-corrected chi connectivity index (χ0v) is 17.8. The summed E-state index contributed by atoms with van der Waals surface area (Å²) in [6.07, 6.45) is 3.56. The van der Waals surface area contributed by atoms with E-state index < -0.39 is 0 Å². The second kappa shape index (κ2) is 8.71. The Morgan fingerprint density at radius 2 is 1.55 bits per heavy atom. The van der Waals surface area contributed by atoms with E-state index in [0.717, 1.165) is 44.5 Å². The highest BCUT2D eigenvalue weighted by molar-refractivity contribution is 5.89. The first kappa shape index (κ1) is 20.1. The van der Waals surface area contributed by atoms with Gasteiger partial charge >= 0.3 is 6.03 Å². The largest absolute Gasteiger partial charge is 0.368 e. The highest BCUT2D eigenvalue weighted by Crippen LogP contribution is 2.30. The minimum absolute atomic E-state index is 0.0649. The molecule has 0 aromatic heterocycles. The van der Waals surface area contributed by atoms with E-state index in [1.165, 1.54) is 16.7 Å². The summed E-state index contributed by atoms with van der Waals surface area (Å²) in [5.41, 5.74) is 4.53. The molecule has 0 radical (unpaired) electrons. The summed E-state index contributed by atoms with van der Waals surface area (Å²) in [5, 5.41) is 3.02. The van der Waals surface area contributed by atoms with E-state index in [1.54, 1.807) is 0 Å². The van der Waals surface area contributed by atoms with Crippen molar-refractivity contribution in [3.8, 4) is 0 Å². The summed E-state index contributed by atoms with van der Waals surface area (Å²) >= 11 is 0. The summed E-state index contributed by atoms with van der Waals surface area (Å²) in [5.74, 6) is 0.615. The lowest BCUT2D eigenvalue weighted by Gasteiger charge is -2.33. The van der Waals surface area contributed by atoms with Crippen molar-refractivity contribution in [3.63, 3.8) is 0 Å². The van der Waals surface area contributed by atoms with Gasteiger partial charge in [0.25, 0.3) is 5.91 Å². The van der Waals surface area contributed by atoms with E-state index in [1.807, 2.05) is 34.1 Å². The first-order valence-corrected chi connectivity index (χ1v) is 11.3. The average molecular weight is 420 g/mol. The Hall–Kier alpha value is -2.86. The van der Waals surface area contributed by atoms with Crippen molar-refractivity contribution in [2.75, 3.05) is 25.0 Å². The molecule has 6 nitrogen and oxygen atoms in total. The van der Waals surface area contributed by atoms with Crippen molar-refractivity contribution in [1.82, 2.24) is 9.80 Å². The Kier molecular flexibility index (Phi) is 5.64. The van der Waals surface area contributed by atoms with Gasteiger partial charge in [-0.3, -0.25) is 4.79 Å². The van der Waals surface area contributed by atoms with Crippen LogP contribution in [0.15, 0.2) is 48.5 Å². The second-order valence-electron chi connectivity index (χ2n) is 8.78. The van der Waals surface area contributed by atoms with Crippen molar-refractivity contribution in [3.05, 3.63) is 65.2 Å². The molecule has 31 heavy (non-hydrogen) atoms. The molecule has 3 aliphatic rings. The number of amides is 3. The van der Waals surface area contributed by atoms with Crippen LogP contribution in [-0.4, -0.2) is 47.5 Å². The van der Waals surface area contributed by atoms with Crippen LogP contribution in [0, 0.1) is 0 Å². The molecule has 2 aromatic carbocycles. The van der Waals surface area contributed by atoms with Crippen LogP contribution >= 0.6 is 0 Å². The van der Waals surface area contributed by atoms with E-state index in [0.29, 0.717) is 25.6 Å². The molecule has 3 amide bonds. The van der Waals surface area contributed by atoms with Gasteiger partial charge < -0.3 is 19.9 Å². The van der Waals surface area contributed by atoms with Crippen molar-refractivity contribution in [1.29, 1.82) is 0 Å². The third kappa shape index (κ3) is 4.30. The average Bonchev–Trinajstić information content (AvgIpc) is 3.49. The first-order chi connectivity index (χ1) is 15.2. The maximum Gasteiger partial charge on any atom is 0.322 e. The quantitative estimate of drug-likeness (QED) is 0.814. The summed E-state index contributed by atoms with van der Waals surface area (Å²) < 4.78 is 5.55. The van der Waals surface area contributed by atoms with Crippen molar-refractivity contribution >= 4 is 17.6 Å². The van der Waals surface area contributed by atoms with Gasteiger partial charge in [0.1, 0.15) is 6.10 Å². The normalized spacial score (nSPS) is 21.2. The van der Waals surface area contributed by atoms with E-state index in [2.05, 4.69) is 29.6 Å². The molecule has 2 fully saturated rings. The fourth-order valence-electron chi connectivity index (χ4n) is 4.93. The summed E-state index contributed by atoms with van der Waals surface area (Å²) in [4.78, 5) is 29.0. The molecule has 0 bridgehead atoms. The molecule has 2 aromatic rings. The molecule has 2 saturated heterocycles. The van der Waals surface area contributed by atoms with Gasteiger partial charge in [0.15, 0.2) is 0 Å². The topological polar surface area (TPSA) is 61.9 Å². The number of anilines is 1. The van der Waals surface area contributed by atoms with E-state index in [9.17, 15) is 9.59 Å². The number of hydrogen-bond donors (Lipinski definition) is 1. The molecule has 1 N–H and O–H groups in total. The van der Waals surface area contributed by atoms with Crippen LogP contribution in [0.3, 0.4) is 0 Å². The lowest BCUT2D eigenvalue weighted by Crippen LogP contribution is -2.43. The van der Waals surface area contributed by atoms with E-state index in [4.69, 9.17) is 4.74 Å². The van der Waals surface area contributed by atoms with Crippen LogP contribution in [0.5, 0.6) is 0 Å². The van der Waals surface area contributed by atoms with Gasteiger partial charge in [-0.1, -0.05) is 36.4 Å². The standard InChI is InChI=1S/C25H29N3O3/c29-24(23-6-3-15-31-23)27-13-11-19(12-14-27)18-7-9-22(10-8-18)26-25(30)28-16-20-4-1-2-5-21(20)17-28/h1-2,4-5,7-10,19,23H,3,6,11-17H2,(H,26,30). The van der Waals surface area contributed by atoms with Crippen LogP contribution in [0.1, 0.15) is 48.3 Å². The van der Waals surface area contributed by atoms with Gasteiger partial charge in [-0.2, -0.15) is 0 Å². The maximum absolute atomic E-state index is 12.6. The number of benzene rings is 2. The number of carbonyl (C=O) groups excluding carboxylic acids is 2. The number of hydrogen-bond acceptors (Lipinski definition) is 3. The number of nitrogens with zero attached hydrogens (tertiary/aromatic N) is 2. The maximum atomic E-state index is 12.6. The van der Waals surface area contributed by atoms with Crippen LogP contribution < -0.4 is 5.32 Å². The number of rotatable bonds is 3. The number of carbonyl (C=O) groups is 2. The Balaban J connectivity index is 1.13. The second-order valence-corrected chi connectivity index (χ2v) is 8.78. The number of ether oxygens (including phenoxy) is 1. The molecule has 162 valence electrons. The van der Waals surface area contributed by atoms with Gasteiger partial charge in [0, 0.05) is 38.5 Å². The predicted octanol–water partition coefficient (Wildman–Crippen LogP) is 4.12. The van der Waals surface area contributed by atoms with Gasteiger partial charge in [0.05, 0.1) is 0 Å². The number of likely N-dealkylation sites (tertiary alicyclic amines) is 1. The van der Waals surface area contributed by atoms with Crippen LogP contribution in [0.4, 0.5) is 10.5 Å². The SMILES string of the molecule is O=C(Nc1ccc(C2CCN(C(=O)C3CCCO3)CC2)cc1)N1Cc2ccccc2C1. The van der Waals surface area contributed by atoms with Gasteiger partial charge in [-0.05, 0) is 60.4 Å². The minimum Gasteiger partial charge on any atom is -0.368 e. The third-order valence-electron chi connectivity index (χ3n) is 6.77. The van der Waals surface area contributed by atoms with Crippen molar-refractivity contribution < 1.29 is 14.3 Å². The lowest BCUT2D eigenvalue weighted by atomic mass is 9.89. The van der Waals surface area contributed by atoms with Crippen LogP contribution in [0.2, 0.25) is 0 Å². The van der Waals surface area contributed by atoms with Crippen LogP contribution in [0.25, 0.3) is 0 Å². The fraction of sp³-hybridized carbons (Fsp3) is 0.440. The molecule has 0 spiro atoms. The Morgan fingerprint density at radius 1 is 0.871 bits per heavy atom. The highest BCUT2D eigenvalue weighted by Gasteiger charge is 2.31. The monoisotopic (exact) mass is 419 g/mol. The lowest BCUT2D eigenvalue weighted by molar-refractivity contribution is -0.142. The molecule has 6 heteroatoms. The number of nitrogens with one attached hydrogen (secondary N) is 1. The zero-order valence-electron chi connectivity index (χ0n) is 17.8. The smallest absolute Gasteiger partial charge is 0.322 e. The van der Waals surface area contributed by atoms with E-state index >= 15 is 0 Å². The van der Waals surface area contributed by atoms with E-state index in [-0.39, 0.29) is 18.0 Å². The fourth-order valence-corrected chi connectivity index (χ4v) is 4.93.